The van der Waals surface area contributed by atoms with Crippen molar-refractivity contribution < 1.29 is 9.90 Å². The van der Waals surface area contributed by atoms with Crippen molar-refractivity contribution in [1.29, 1.82) is 0 Å². The van der Waals surface area contributed by atoms with Gasteiger partial charge in [0.15, 0.2) is 0 Å². The first kappa shape index (κ1) is 13.7. The largest absolute Gasteiger partial charge is 0.480 e. The lowest BCUT2D eigenvalue weighted by Gasteiger charge is -2.22. The van der Waals surface area contributed by atoms with Crippen molar-refractivity contribution in [2.75, 3.05) is 7.05 Å². The Morgan fingerprint density at radius 2 is 1.94 bits per heavy atom. The van der Waals surface area contributed by atoms with E-state index < -0.39 is 12.0 Å². The molecule has 1 aromatic rings. The lowest BCUT2D eigenvalue weighted by Crippen LogP contribution is -2.26. The first-order chi connectivity index (χ1) is 7.77. The van der Waals surface area contributed by atoms with E-state index in [1.165, 1.54) is 5.56 Å². The first-order valence-electron chi connectivity index (χ1n) is 5.78. The Morgan fingerprint density at radius 1 is 1.35 bits per heavy atom. The smallest absolute Gasteiger partial charge is 0.325 e. The second kappa shape index (κ2) is 4.88. The van der Waals surface area contributed by atoms with Crippen LogP contribution in [-0.4, -0.2) is 18.1 Å². The Hall–Kier alpha value is -1.35. The van der Waals surface area contributed by atoms with Gasteiger partial charge >= 0.3 is 5.97 Å². The zero-order valence-corrected chi connectivity index (χ0v) is 11.2. The number of carboxylic acids is 1. The normalized spacial score (nSPS) is 13.5. The third-order valence-corrected chi connectivity index (χ3v) is 2.98. The molecule has 0 aliphatic rings. The van der Waals surface area contributed by atoms with Crippen LogP contribution < -0.4 is 5.32 Å². The van der Waals surface area contributed by atoms with Crippen molar-refractivity contribution in [2.45, 2.75) is 39.2 Å². The van der Waals surface area contributed by atoms with Gasteiger partial charge in [-0.3, -0.25) is 4.79 Å². The van der Waals surface area contributed by atoms with Crippen LogP contribution in [0.1, 0.15) is 43.5 Å². The maximum Gasteiger partial charge on any atom is 0.325 e. The van der Waals surface area contributed by atoms with Crippen molar-refractivity contribution in [3.05, 3.63) is 34.9 Å². The highest BCUT2D eigenvalue weighted by Crippen LogP contribution is 2.26. The summed E-state index contributed by atoms with van der Waals surface area (Å²) in [5.41, 5.74) is 3.15. The van der Waals surface area contributed by atoms with Gasteiger partial charge < -0.3 is 10.4 Å². The molecule has 1 aromatic carbocycles. The summed E-state index contributed by atoms with van der Waals surface area (Å²) in [5, 5.41) is 11.9. The summed E-state index contributed by atoms with van der Waals surface area (Å²) < 4.78 is 0. The number of rotatable bonds is 3. The molecule has 1 atom stereocenters. The second-order valence-electron chi connectivity index (χ2n) is 5.38. The molecule has 3 heteroatoms. The molecule has 17 heavy (non-hydrogen) atoms. The summed E-state index contributed by atoms with van der Waals surface area (Å²) in [6, 6.07) is 5.35. The number of likely N-dealkylation sites (N-methyl/N-ethyl adjacent to an activating group) is 1. The maximum absolute atomic E-state index is 11.1. The predicted octanol–water partition coefficient (Wildman–Crippen LogP) is 2.64. The van der Waals surface area contributed by atoms with E-state index in [9.17, 15) is 4.79 Å². The number of hydrogen-bond acceptors (Lipinski definition) is 2. The molecule has 1 rings (SSSR count). The summed E-state index contributed by atoms with van der Waals surface area (Å²) in [6.07, 6.45) is 0. The number of aliphatic carboxylic acids is 1. The molecular weight excluding hydrogens is 214 g/mol. The molecule has 0 saturated heterocycles. The molecule has 0 aliphatic heterocycles. The molecule has 0 heterocycles. The van der Waals surface area contributed by atoms with Crippen LogP contribution in [0, 0.1) is 6.92 Å². The number of aryl methyl sites for hydroxylation is 1. The summed E-state index contributed by atoms with van der Waals surface area (Å²) >= 11 is 0. The number of benzene rings is 1. The lowest BCUT2D eigenvalue weighted by atomic mass is 9.84. The molecule has 0 saturated carbocycles. The van der Waals surface area contributed by atoms with Gasteiger partial charge in [-0.2, -0.15) is 0 Å². The topological polar surface area (TPSA) is 49.3 Å². The van der Waals surface area contributed by atoms with Gasteiger partial charge in [0.25, 0.3) is 0 Å². The van der Waals surface area contributed by atoms with E-state index in [0.717, 1.165) is 11.1 Å². The van der Waals surface area contributed by atoms with Crippen molar-refractivity contribution in [3.8, 4) is 0 Å². The van der Waals surface area contributed by atoms with Crippen LogP contribution >= 0.6 is 0 Å². The molecule has 2 N–H and O–H groups in total. The van der Waals surface area contributed by atoms with E-state index in [-0.39, 0.29) is 5.41 Å². The molecule has 3 nitrogen and oxygen atoms in total. The van der Waals surface area contributed by atoms with Gasteiger partial charge in [0.05, 0.1) is 0 Å². The monoisotopic (exact) mass is 235 g/mol. The summed E-state index contributed by atoms with van der Waals surface area (Å²) in [7, 11) is 1.66. The van der Waals surface area contributed by atoms with E-state index in [4.69, 9.17) is 5.11 Å². The van der Waals surface area contributed by atoms with Crippen LogP contribution in [0.25, 0.3) is 0 Å². The third-order valence-electron chi connectivity index (χ3n) is 2.98. The van der Waals surface area contributed by atoms with E-state index in [1.54, 1.807) is 7.05 Å². The van der Waals surface area contributed by atoms with E-state index in [2.05, 4.69) is 32.2 Å². The Morgan fingerprint density at radius 3 is 2.29 bits per heavy atom. The van der Waals surface area contributed by atoms with Crippen molar-refractivity contribution >= 4 is 5.97 Å². The summed E-state index contributed by atoms with van der Waals surface area (Å²) in [6.45, 7) is 8.40. The average Bonchev–Trinajstić information content (AvgIpc) is 2.19. The van der Waals surface area contributed by atoms with Gasteiger partial charge in [-0.25, -0.2) is 0 Å². The number of carboxylic acid groups (broad SMARTS) is 1. The van der Waals surface area contributed by atoms with E-state index >= 15 is 0 Å². The predicted molar refractivity (Wildman–Crippen MR) is 69.3 cm³/mol. The zero-order chi connectivity index (χ0) is 13.2. The fraction of sp³-hybridized carbons (Fsp3) is 0.500. The fourth-order valence-electron chi connectivity index (χ4n) is 1.88. The van der Waals surface area contributed by atoms with Crippen molar-refractivity contribution in [1.82, 2.24) is 5.32 Å². The Bertz CT molecular complexity index is 419. The Kier molecular flexibility index (Phi) is 3.94. The molecule has 0 aromatic heterocycles. The maximum atomic E-state index is 11.1. The third kappa shape index (κ3) is 3.07. The minimum atomic E-state index is -0.848. The standard InChI is InChI=1S/C14H21NO2/c1-9-8-10(14(2,3)4)6-7-11(9)12(15-5)13(16)17/h6-8,12,15H,1-5H3,(H,16,17). The minimum Gasteiger partial charge on any atom is -0.480 e. The van der Waals surface area contributed by atoms with Gasteiger partial charge in [0.1, 0.15) is 6.04 Å². The summed E-state index contributed by atoms with van der Waals surface area (Å²) in [5.74, 6) is -0.848. The first-order valence-corrected chi connectivity index (χ1v) is 5.78. The lowest BCUT2D eigenvalue weighted by molar-refractivity contribution is -0.139. The fourth-order valence-corrected chi connectivity index (χ4v) is 1.88. The van der Waals surface area contributed by atoms with Crippen LogP contribution in [0.2, 0.25) is 0 Å². The molecule has 1 unspecified atom stereocenters. The molecule has 0 amide bonds. The number of carbonyl (C=O) groups is 1. The molecule has 94 valence electrons. The van der Waals surface area contributed by atoms with Gasteiger partial charge in [-0.1, -0.05) is 39.0 Å². The van der Waals surface area contributed by atoms with Gasteiger partial charge in [0, 0.05) is 0 Å². The van der Waals surface area contributed by atoms with E-state index in [1.807, 2.05) is 19.1 Å². The van der Waals surface area contributed by atoms with Gasteiger partial charge in [0.2, 0.25) is 0 Å². The molecule has 0 fully saturated rings. The van der Waals surface area contributed by atoms with E-state index in [0.29, 0.717) is 0 Å². The highest BCUT2D eigenvalue weighted by atomic mass is 16.4. The molecular formula is C14H21NO2. The van der Waals surface area contributed by atoms with Crippen molar-refractivity contribution in [3.63, 3.8) is 0 Å². The zero-order valence-electron chi connectivity index (χ0n) is 11.2. The number of nitrogens with one attached hydrogen (secondary N) is 1. The molecule has 0 aliphatic carbocycles. The summed E-state index contributed by atoms with van der Waals surface area (Å²) in [4.78, 5) is 11.1. The van der Waals surface area contributed by atoms with Crippen LogP contribution in [0.15, 0.2) is 18.2 Å². The minimum absolute atomic E-state index is 0.0850. The Balaban J connectivity index is 3.18. The van der Waals surface area contributed by atoms with Crippen LogP contribution in [0.4, 0.5) is 0 Å². The average molecular weight is 235 g/mol. The number of hydrogen-bond donors (Lipinski definition) is 2. The molecule has 0 bridgehead atoms. The van der Waals surface area contributed by atoms with Gasteiger partial charge in [-0.05, 0) is 36.1 Å². The Labute approximate surface area is 103 Å². The highest BCUT2D eigenvalue weighted by Gasteiger charge is 2.21. The molecule has 0 spiro atoms. The molecule has 0 radical (unpaired) electrons. The van der Waals surface area contributed by atoms with Crippen LogP contribution in [0.5, 0.6) is 0 Å². The quantitative estimate of drug-likeness (QED) is 0.846. The van der Waals surface area contributed by atoms with Crippen LogP contribution in [0.3, 0.4) is 0 Å². The van der Waals surface area contributed by atoms with Crippen LogP contribution in [-0.2, 0) is 10.2 Å². The second-order valence-corrected chi connectivity index (χ2v) is 5.38. The van der Waals surface area contributed by atoms with Crippen molar-refractivity contribution in [2.24, 2.45) is 0 Å². The SMILES string of the molecule is CNC(C(=O)O)c1ccc(C(C)(C)C)cc1C. The van der Waals surface area contributed by atoms with Gasteiger partial charge in [-0.15, -0.1) is 0 Å². The highest BCUT2D eigenvalue weighted by molar-refractivity contribution is 5.76.